The van der Waals surface area contributed by atoms with E-state index in [2.05, 4.69) is 9.80 Å². The van der Waals surface area contributed by atoms with Crippen LogP contribution in [0.15, 0.2) is 48.5 Å². The molecule has 0 N–H and O–H groups in total. The molecule has 3 rings (SSSR count). The summed E-state index contributed by atoms with van der Waals surface area (Å²) in [4.78, 5) is 4.69. The van der Waals surface area contributed by atoms with Crippen LogP contribution in [0.4, 0.5) is 8.78 Å². The van der Waals surface area contributed by atoms with Gasteiger partial charge in [-0.15, -0.1) is 0 Å². The summed E-state index contributed by atoms with van der Waals surface area (Å²) < 4.78 is 37.3. The van der Waals surface area contributed by atoms with E-state index in [1.807, 2.05) is 12.1 Å². The number of alkyl halides is 1. The van der Waals surface area contributed by atoms with Gasteiger partial charge in [0.1, 0.15) is 25.6 Å². The third kappa shape index (κ3) is 6.19. The third-order valence-electron chi connectivity index (χ3n) is 4.72. The summed E-state index contributed by atoms with van der Waals surface area (Å²) >= 11 is 0. The highest BCUT2D eigenvalue weighted by Crippen LogP contribution is 2.15. The summed E-state index contributed by atoms with van der Waals surface area (Å²) in [5.41, 5.74) is 0.664. The Morgan fingerprint density at radius 2 is 1.37 bits per heavy atom. The van der Waals surface area contributed by atoms with Crippen LogP contribution in [0.1, 0.15) is 5.56 Å². The number of rotatable bonds is 9. The van der Waals surface area contributed by atoms with Gasteiger partial charge in [-0.1, -0.05) is 24.3 Å². The molecule has 1 saturated heterocycles. The standard InChI is InChI=1S/C21H26F2N2O2/c22-17-18-5-7-19(8-6-18)26-15-13-24-9-11-25(12-10-24)14-16-27-21-4-2-1-3-20(21)23/h1-8H,9-17H2. The maximum absolute atomic E-state index is 13.5. The Morgan fingerprint density at radius 3 is 1.96 bits per heavy atom. The minimum atomic E-state index is -0.449. The average molecular weight is 376 g/mol. The summed E-state index contributed by atoms with van der Waals surface area (Å²) in [6.07, 6.45) is 0. The molecule has 6 heteroatoms. The lowest BCUT2D eigenvalue weighted by Gasteiger charge is -2.34. The van der Waals surface area contributed by atoms with E-state index in [1.165, 1.54) is 6.07 Å². The fourth-order valence-corrected chi connectivity index (χ4v) is 3.05. The van der Waals surface area contributed by atoms with Gasteiger partial charge in [0.2, 0.25) is 0 Å². The number of benzene rings is 2. The molecule has 1 heterocycles. The van der Waals surface area contributed by atoms with Crippen LogP contribution in [0.5, 0.6) is 11.5 Å². The van der Waals surface area contributed by atoms with Gasteiger partial charge < -0.3 is 9.47 Å². The van der Waals surface area contributed by atoms with Crippen molar-refractivity contribution >= 4 is 0 Å². The molecule has 0 aromatic heterocycles. The van der Waals surface area contributed by atoms with Gasteiger partial charge in [0.15, 0.2) is 11.6 Å². The van der Waals surface area contributed by atoms with Crippen molar-refractivity contribution < 1.29 is 18.3 Å². The Kier molecular flexibility index (Phi) is 7.42. The second-order valence-electron chi connectivity index (χ2n) is 6.59. The van der Waals surface area contributed by atoms with Gasteiger partial charge in [-0.2, -0.15) is 0 Å². The van der Waals surface area contributed by atoms with E-state index in [0.29, 0.717) is 24.5 Å². The average Bonchev–Trinajstić information content (AvgIpc) is 2.71. The molecular weight excluding hydrogens is 350 g/mol. The van der Waals surface area contributed by atoms with Gasteiger partial charge >= 0.3 is 0 Å². The van der Waals surface area contributed by atoms with Crippen LogP contribution in [0.25, 0.3) is 0 Å². The first-order valence-corrected chi connectivity index (χ1v) is 9.34. The molecule has 0 amide bonds. The third-order valence-corrected chi connectivity index (χ3v) is 4.72. The largest absolute Gasteiger partial charge is 0.492 e. The zero-order valence-electron chi connectivity index (χ0n) is 15.4. The molecule has 4 nitrogen and oxygen atoms in total. The number of hydrogen-bond acceptors (Lipinski definition) is 4. The first-order valence-electron chi connectivity index (χ1n) is 9.34. The van der Waals surface area contributed by atoms with Crippen LogP contribution in [0.2, 0.25) is 0 Å². The predicted octanol–water partition coefficient (Wildman–Crippen LogP) is 3.37. The molecular formula is C21H26F2N2O2. The van der Waals surface area contributed by atoms with Gasteiger partial charge in [-0.05, 0) is 29.8 Å². The van der Waals surface area contributed by atoms with E-state index >= 15 is 0 Å². The van der Waals surface area contributed by atoms with Crippen molar-refractivity contribution in [3.63, 3.8) is 0 Å². The van der Waals surface area contributed by atoms with Crippen molar-refractivity contribution in [2.24, 2.45) is 0 Å². The van der Waals surface area contributed by atoms with Crippen LogP contribution in [-0.4, -0.2) is 62.3 Å². The maximum Gasteiger partial charge on any atom is 0.165 e. The molecule has 0 unspecified atom stereocenters. The van der Waals surface area contributed by atoms with Crippen LogP contribution in [-0.2, 0) is 6.67 Å². The Bertz CT molecular complexity index is 689. The topological polar surface area (TPSA) is 24.9 Å². The van der Waals surface area contributed by atoms with E-state index in [9.17, 15) is 8.78 Å². The molecule has 0 aliphatic carbocycles. The monoisotopic (exact) mass is 376 g/mol. The second kappa shape index (κ2) is 10.2. The van der Waals surface area contributed by atoms with Crippen molar-refractivity contribution in [2.75, 3.05) is 52.5 Å². The Balaban J connectivity index is 1.29. The number of piperazine rings is 1. The highest BCUT2D eigenvalue weighted by atomic mass is 19.1. The highest BCUT2D eigenvalue weighted by molar-refractivity contribution is 5.26. The Labute approximate surface area is 159 Å². The molecule has 0 spiro atoms. The van der Waals surface area contributed by atoms with Crippen molar-refractivity contribution in [1.29, 1.82) is 0 Å². The van der Waals surface area contributed by atoms with E-state index in [1.54, 1.807) is 30.3 Å². The van der Waals surface area contributed by atoms with Crippen LogP contribution >= 0.6 is 0 Å². The van der Waals surface area contributed by atoms with Crippen LogP contribution in [0.3, 0.4) is 0 Å². The van der Waals surface area contributed by atoms with Crippen molar-refractivity contribution in [2.45, 2.75) is 6.67 Å². The van der Waals surface area contributed by atoms with Crippen LogP contribution < -0.4 is 9.47 Å². The molecule has 1 aliphatic rings. The lowest BCUT2D eigenvalue weighted by Crippen LogP contribution is -2.48. The molecule has 0 atom stereocenters. The molecule has 0 saturated carbocycles. The molecule has 2 aromatic rings. The number of halogens is 2. The fourth-order valence-electron chi connectivity index (χ4n) is 3.05. The van der Waals surface area contributed by atoms with E-state index < -0.39 is 6.67 Å². The molecule has 1 fully saturated rings. The van der Waals surface area contributed by atoms with Crippen molar-refractivity contribution in [3.05, 3.63) is 59.9 Å². The van der Waals surface area contributed by atoms with E-state index in [0.717, 1.165) is 45.0 Å². The molecule has 1 aliphatic heterocycles. The van der Waals surface area contributed by atoms with Crippen LogP contribution in [0, 0.1) is 5.82 Å². The minimum Gasteiger partial charge on any atom is -0.492 e. The normalized spacial score (nSPS) is 15.6. The van der Waals surface area contributed by atoms with Gasteiger partial charge in [0, 0.05) is 39.3 Å². The van der Waals surface area contributed by atoms with Gasteiger partial charge in [0.25, 0.3) is 0 Å². The summed E-state index contributed by atoms with van der Waals surface area (Å²) in [6, 6.07) is 13.6. The lowest BCUT2D eigenvalue weighted by atomic mass is 10.2. The lowest BCUT2D eigenvalue weighted by molar-refractivity contribution is 0.104. The van der Waals surface area contributed by atoms with Gasteiger partial charge in [-0.25, -0.2) is 8.78 Å². The van der Waals surface area contributed by atoms with Crippen molar-refractivity contribution in [1.82, 2.24) is 9.80 Å². The second-order valence-corrected chi connectivity index (χ2v) is 6.59. The molecule has 2 aromatic carbocycles. The molecule has 146 valence electrons. The molecule has 0 radical (unpaired) electrons. The zero-order chi connectivity index (χ0) is 18.9. The van der Waals surface area contributed by atoms with E-state index in [4.69, 9.17) is 9.47 Å². The summed E-state index contributed by atoms with van der Waals surface area (Å²) in [7, 11) is 0. The quantitative estimate of drug-likeness (QED) is 0.670. The van der Waals surface area contributed by atoms with Crippen molar-refractivity contribution in [3.8, 4) is 11.5 Å². The number of ether oxygens (including phenoxy) is 2. The first kappa shape index (κ1) is 19.6. The fraction of sp³-hybridized carbons (Fsp3) is 0.429. The maximum atomic E-state index is 13.5. The highest BCUT2D eigenvalue weighted by Gasteiger charge is 2.16. The zero-order valence-corrected chi connectivity index (χ0v) is 15.4. The van der Waals surface area contributed by atoms with E-state index in [-0.39, 0.29) is 5.82 Å². The SMILES string of the molecule is FCc1ccc(OCCN2CCN(CCOc3ccccc3F)CC2)cc1. The Morgan fingerprint density at radius 1 is 0.778 bits per heavy atom. The summed E-state index contributed by atoms with van der Waals surface area (Å²) in [6.45, 7) is 6.19. The number of hydrogen-bond donors (Lipinski definition) is 0. The number of nitrogens with zero attached hydrogens (tertiary/aromatic N) is 2. The Hall–Kier alpha value is -2.18. The van der Waals surface area contributed by atoms with Gasteiger partial charge in [0.05, 0.1) is 0 Å². The first-order chi connectivity index (χ1) is 13.2. The minimum absolute atomic E-state index is 0.313. The van der Waals surface area contributed by atoms with Gasteiger partial charge in [-0.3, -0.25) is 9.80 Å². The molecule has 0 bridgehead atoms. The smallest absolute Gasteiger partial charge is 0.165 e. The summed E-state index contributed by atoms with van der Waals surface area (Å²) in [5.74, 6) is 0.769. The predicted molar refractivity (Wildman–Crippen MR) is 102 cm³/mol. The number of para-hydroxylation sites is 1. The molecule has 27 heavy (non-hydrogen) atoms. The summed E-state index contributed by atoms with van der Waals surface area (Å²) in [5, 5.41) is 0.